The van der Waals surface area contributed by atoms with Gasteiger partial charge in [-0.1, -0.05) is 17.3 Å². The van der Waals surface area contributed by atoms with Crippen LogP contribution in [0.25, 0.3) is 4.96 Å². The Kier molecular flexibility index (Phi) is 4.30. The van der Waals surface area contributed by atoms with Gasteiger partial charge in [-0.05, 0) is 43.0 Å². The summed E-state index contributed by atoms with van der Waals surface area (Å²) in [4.78, 5) is 16.3. The average Bonchev–Trinajstić information content (AvgIpc) is 3.26. The fourth-order valence-corrected chi connectivity index (χ4v) is 3.35. The minimum Gasteiger partial charge on any atom is -0.330 e. The molecule has 2 amide bonds. The number of benzene rings is 1. The molecule has 7 heteroatoms. The van der Waals surface area contributed by atoms with Gasteiger partial charge in [0.05, 0.1) is 23.6 Å². The Hall–Kier alpha value is -3.29. The molecule has 0 saturated heterocycles. The molecule has 3 aromatic rings. The minimum absolute atomic E-state index is 0.300. The number of carbonyl (C=O) groups excluding carboxylic acids is 1. The molecule has 3 N–H and O–H groups in total. The molecule has 0 aliphatic heterocycles. The molecular weight excluding hydrogens is 346 g/mol. The van der Waals surface area contributed by atoms with Crippen LogP contribution in [0.5, 0.6) is 0 Å². The second-order valence-corrected chi connectivity index (χ2v) is 6.94. The van der Waals surface area contributed by atoms with Crippen LogP contribution in [0.1, 0.15) is 29.8 Å². The van der Waals surface area contributed by atoms with Crippen molar-refractivity contribution in [3.8, 4) is 17.9 Å². The van der Waals surface area contributed by atoms with E-state index in [-0.39, 0.29) is 6.03 Å². The first kappa shape index (κ1) is 16.2. The lowest BCUT2D eigenvalue weighted by Crippen LogP contribution is -2.34. The zero-order valence-electron chi connectivity index (χ0n) is 13.9. The SMILES string of the molecule is N#Cc1ccc(NC(=O)NCc2c[nH]c3scc(C#CC4CC4)[n+]23)cc1. The summed E-state index contributed by atoms with van der Waals surface area (Å²) in [6.07, 6.45) is 4.28. The zero-order valence-corrected chi connectivity index (χ0v) is 14.7. The van der Waals surface area contributed by atoms with Crippen molar-refractivity contribution in [2.24, 2.45) is 5.92 Å². The highest BCUT2D eigenvalue weighted by Gasteiger charge is 2.20. The molecule has 2 aromatic heterocycles. The van der Waals surface area contributed by atoms with Crippen molar-refractivity contribution in [1.82, 2.24) is 10.3 Å². The van der Waals surface area contributed by atoms with E-state index in [0.717, 1.165) is 16.3 Å². The maximum Gasteiger partial charge on any atom is 0.344 e. The van der Waals surface area contributed by atoms with Crippen molar-refractivity contribution < 1.29 is 9.20 Å². The van der Waals surface area contributed by atoms with Crippen LogP contribution in [0.4, 0.5) is 10.5 Å². The van der Waals surface area contributed by atoms with E-state index in [1.807, 2.05) is 22.0 Å². The van der Waals surface area contributed by atoms with Gasteiger partial charge in [-0.15, -0.1) is 0 Å². The number of carbonyl (C=O) groups is 1. The molecule has 26 heavy (non-hydrogen) atoms. The van der Waals surface area contributed by atoms with Crippen LogP contribution in [0, 0.1) is 29.1 Å². The number of urea groups is 1. The number of aromatic amines is 1. The predicted molar refractivity (Wildman–Crippen MR) is 98.4 cm³/mol. The van der Waals surface area contributed by atoms with Crippen molar-refractivity contribution in [3.05, 3.63) is 52.8 Å². The van der Waals surface area contributed by atoms with E-state index in [9.17, 15) is 4.79 Å². The lowest BCUT2D eigenvalue weighted by atomic mass is 10.2. The molecule has 6 nitrogen and oxygen atoms in total. The van der Waals surface area contributed by atoms with Gasteiger partial charge in [-0.2, -0.15) is 9.66 Å². The number of H-pyrrole nitrogens is 1. The van der Waals surface area contributed by atoms with E-state index in [0.29, 0.717) is 23.7 Å². The Morgan fingerprint density at radius 2 is 2.15 bits per heavy atom. The van der Waals surface area contributed by atoms with Crippen LogP contribution >= 0.6 is 11.3 Å². The van der Waals surface area contributed by atoms with Gasteiger partial charge in [-0.3, -0.25) is 0 Å². The van der Waals surface area contributed by atoms with E-state index in [2.05, 4.69) is 27.5 Å². The van der Waals surface area contributed by atoms with Crippen LogP contribution in [0.3, 0.4) is 0 Å². The fraction of sp³-hybridized carbons (Fsp3) is 0.211. The Balaban J connectivity index is 1.42. The van der Waals surface area contributed by atoms with Crippen molar-refractivity contribution in [1.29, 1.82) is 5.26 Å². The number of aromatic nitrogens is 2. The number of anilines is 1. The third-order valence-corrected chi connectivity index (χ3v) is 4.92. The van der Waals surface area contributed by atoms with Gasteiger partial charge in [0.15, 0.2) is 11.4 Å². The fourth-order valence-electron chi connectivity index (χ4n) is 2.51. The number of amides is 2. The highest BCUT2D eigenvalue weighted by Crippen LogP contribution is 2.27. The van der Waals surface area contributed by atoms with Gasteiger partial charge in [0.1, 0.15) is 6.20 Å². The van der Waals surface area contributed by atoms with Gasteiger partial charge in [-0.25, -0.2) is 9.78 Å². The van der Waals surface area contributed by atoms with E-state index in [1.165, 1.54) is 12.8 Å². The summed E-state index contributed by atoms with van der Waals surface area (Å²) >= 11 is 1.60. The lowest BCUT2D eigenvalue weighted by molar-refractivity contribution is -0.518. The number of nitriles is 1. The van der Waals surface area contributed by atoms with E-state index >= 15 is 0 Å². The molecule has 4 rings (SSSR count). The predicted octanol–water partition coefficient (Wildman–Crippen LogP) is 2.77. The molecule has 0 unspecified atom stereocenters. The van der Waals surface area contributed by atoms with Crippen LogP contribution in [0.2, 0.25) is 0 Å². The second-order valence-electron chi connectivity index (χ2n) is 6.08. The van der Waals surface area contributed by atoms with Gasteiger partial charge in [0.2, 0.25) is 0 Å². The summed E-state index contributed by atoms with van der Waals surface area (Å²) in [5, 5.41) is 16.4. The molecule has 1 aliphatic carbocycles. The van der Waals surface area contributed by atoms with Crippen molar-refractivity contribution in [2.75, 3.05) is 5.32 Å². The Labute approximate surface area is 154 Å². The quantitative estimate of drug-likeness (QED) is 0.494. The minimum atomic E-state index is -0.300. The number of thiazole rings is 1. The van der Waals surface area contributed by atoms with E-state index in [1.54, 1.807) is 35.6 Å². The highest BCUT2D eigenvalue weighted by atomic mass is 32.1. The molecule has 0 spiro atoms. The third-order valence-electron chi connectivity index (χ3n) is 4.06. The molecule has 0 atom stereocenters. The smallest absolute Gasteiger partial charge is 0.330 e. The molecule has 128 valence electrons. The molecule has 2 heterocycles. The van der Waals surface area contributed by atoms with Crippen LogP contribution < -0.4 is 15.0 Å². The monoisotopic (exact) mass is 362 g/mol. The maximum atomic E-state index is 12.1. The first-order chi connectivity index (χ1) is 12.7. The Bertz CT molecular complexity index is 1060. The number of hydrogen-bond donors (Lipinski definition) is 3. The summed E-state index contributed by atoms with van der Waals surface area (Å²) in [7, 11) is 0. The number of nitrogens with one attached hydrogen (secondary N) is 3. The molecule has 1 saturated carbocycles. The first-order valence-electron chi connectivity index (χ1n) is 8.29. The van der Waals surface area contributed by atoms with Crippen molar-refractivity contribution in [2.45, 2.75) is 19.4 Å². The topological polar surface area (TPSA) is 84.8 Å². The number of imidazole rings is 1. The molecule has 1 aromatic carbocycles. The largest absolute Gasteiger partial charge is 0.344 e. The number of fused-ring (bicyclic) bond motifs is 1. The van der Waals surface area contributed by atoms with Crippen molar-refractivity contribution in [3.63, 3.8) is 0 Å². The first-order valence-corrected chi connectivity index (χ1v) is 9.17. The molecule has 0 bridgehead atoms. The summed E-state index contributed by atoms with van der Waals surface area (Å²) < 4.78 is 2.04. The van der Waals surface area contributed by atoms with E-state index < -0.39 is 0 Å². The van der Waals surface area contributed by atoms with Crippen LogP contribution in [0.15, 0.2) is 35.8 Å². The standard InChI is InChI=1S/C19H15N5OS/c20-9-14-3-6-15(7-4-14)23-18(25)21-10-17-11-22-19-24(17)16(12-26-19)8-5-13-1-2-13/h3-4,6-7,11-13H,1-2,10H2,(H2,21,23,25)/p+1. The Morgan fingerprint density at radius 1 is 1.35 bits per heavy atom. The van der Waals surface area contributed by atoms with Crippen LogP contribution in [-0.4, -0.2) is 11.0 Å². The van der Waals surface area contributed by atoms with E-state index in [4.69, 9.17) is 5.26 Å². The number of rotatable bonds is 3. The number of hydrogen-bond acceptors (Lipinski definition) is 3. The summed E-state index contributed by atoms with van der Waals surface area (Å²) in [6, 6.07) is 8.48. The average molecular weight is 362 g/mol. The number of nitrogens with zero attached hydrogens (tertiary/aromatic N) is 2. The van der Waals surface area contributed by atoms with Crippen molar-refractivity contribution >= 4 is 28.0 Å². The second kappa shape index (κ2) is 6.91. The lowest BCUT2D eigenvalue weighted by Gasteiger charge is -2.06. The Morgan fingerprint density at radius 3 is 2.88 bits per heavy atom. The van der Waals surface area contributed by atoms with Gasteiger partial charge >= 0.3 is 11.0 Å². The molecule has 0 radical (unpaired) electrons. The summed E-state index contributed by atoms with van der Waals surface area (Å²) in [5.74, 6) is 7.06. The molecule has 1 aliphatic rings. The maximum absolute atomic E-state index is 12.1. The van der Waals surface area contributed by atoms with Gasteiger partial charge in [0.25, 0.3) is 0 Å². The molecule has 1 fully saturated rings. The van der Waals surface area contributed by atoms with Crippen LogP contribution in [-0.2, 0) is 6.54 Å². The highest BCUT2D eigenvalue weighted by molar-refractivity contribution is 7.14. The zero-order chi connectivity index (χ0) is 17.9. The van der Waals surface area contributed by atoms with Gasteiger partial charge < -0.3 is 10.6 Å². The van der Waals surface area contributed by atoms with Gasteiger partial charge in [0, 0.05) is 11.6 Å². The summed E-state index contributed by atoms with van der Waals surface area (Å²) in [5.41, 5.74) is 3.08. The molecular formula is C19H16N5OS+. The third kappa shape index (κ3) is 3.53. The summed E-state index contributed by atoms with van der Waals surface area (Å²) in [6.45, 7) is 0.377. The normalized spacial score (nSPS) is 12.9.